The first-order valence-electron chi connectivity index (χ1n) is 6.80. The fourth-order valence-corrected chi connectivity index (χ4v) is 2.41. The average molecular weight is 227 g/mol. The van der Waals surface area contributed by atoms with Crippen LogP contribution in [0.15, 0.2) is 0 Å². The standard InChI is InChI=1S/C13H29N3/c1-4-13(9-14)11-16-7-5-15(6-8-16)10-12(2)3/h12-13H,4-11,14H2,1-3H3. The third-order valence-corrected chi connectivity index (χ3v) is 3.52. The number of hydrogen-bond acceptors (Lipinski definition) is 3. The van der Waals surface area contributed by atoms with Crippen LogP contribution in [0.4, 0.5) is 0 Å². The predicted molar refractivity (Wildman–Crippen MR) is 70.6 cm³/mol. The molecule has 0 aromatic rings. The van der Waals surface area contributed by atoms with Gasteiger partial charge in [0.05, 0.1) is 0 Å². The summed E-state index contributed by atoms with van der Waals surface area (Å²) in [4.78, 5) is 5.17. The van der Waals surface area contributed by atoms with Gasteiger partial charge < -0.3 is 15.5 Å². The van der Waals surface area contributed by atoms with Crippen molar-refractivity contribution in [3.05, 3.63) is 0 Å². The summed E-state index contributed by atoms with van der Waals surface area (Å²) in [5, 5.41) is 0. The highest BCUT2D eigenvalue weighted by Crippen LogP contribution is 2.09. The van der Waals surface area contributed by atoms with Gasteiger partial charge in [-0.1, -0.05) is 27.2 Å². The van der Waals surface area contributed by atoms with Crippen molar-refractivity contribution in [2.24, 2.45) is 17.6 Å². The molecule has 0 bridgehead atoms. The molecule has 0 saturated carbocycles. The molecule has 16 heavy (non-hydrogen) atoms. The van der Waals surface area contributed by atoms with Crippen molar-refractivity contribution < 1.29 is 0 Å². The van der Waals surface area contributed by atoms with Crippen molar-refractivity contribution >= 4 is 0 Å². The lowest BCUT2D eigenvalue weighted by Gasteiger charge is -2.36. The molecule has 0 radical (unpaired) electrons. The van der Waals surface area contributed by atoms with Crippen molar-refractivity contribution in [2.75, 3.05) is 45.8 Å². The monoisotopic (exact) mass is 227 g/mol. The van der Waals surface area contributed by atoms with Crippen molar-refractivity contribution in [2.45, 2.75) is 27.2 Å². The van der Waals surface area contributed by atoms with Crippen molar-refractivity contribution in [1.29, 1.82) is 0 Å². The molecule has 0 amide bonds. The van der Waals surface area contributed by atoms with Crippen LogP contribution in [-0.4, -0.2) is 55.6 Å². The zero-order valence-corrected chi connectivity index (χ0v) is 11.3. The summed E-state index contributed by atoms with van der Waals surface area (Å²) in [6.07, 6.45) is 1.21. The van der Waals surface area contributed by atoms with Gasteiger partial charge in [0.1, 0.15) is 0 Å². The minimum atomic E-state index is 0.691. The molecule has 1 aliphatic rings. The van der Waals surface area contributed by atoms with Gasteiger partial charge in [0.25, 0.3) is 0 Å². The Kier molecular flexibility index (Phi) is 6.32. The zero-order valence-electron chi connectivity index (χ0n) is 11.3. The Hall–Kier alpha value is -0.120. The van der Waals surface area contributed by atoms with Gasteiger partial charge in [-0.05, 0) is 18.4 Å². The lowest BCUT2D eigenvalue weighted by molar-refractivity contribution is 0.109. The lowest BCUT2D eigenvalue weighted by atomic mass is 10.1. The molecule has 1 saturated heterocycles. The minimum absolute atomic E-state index is 0.691. The van der Waals surface area contributed by atoms with Crippen LogP contribution in [0.2, 0.25) is 0 Å². The second-order valence-corrected chi connectivity index (χ2v) is 5.51. The number of hydrogen-bond donors (Lipinski definition) is 1. The van der Waals surface area contributed by atoms with E-state index in [0.717, 1.165) is 12.5 Å². The number of piperazine rings is 1. The van der Waals surface area contributed by atoms with Gasteiger partial charge in [0.2, 0.25) is 0 Å². The van der Waals surface area contributed by atoms with E-state index in [2.05, 4.69) is 30.6 Å². The van der Waals surface area contributed by atoms with Crippen LogP contribution in [0.3, 0.4) is 0 Å². The van der Waals surface area contributed by atoms with E-state index in [4.69, 9.17) is 5.73 Å². The summed E-state index contributed by atoms with van der Waals surface area (Å²) in [5.41, 5.74) is 5.76. The molecule has 0 aliphatic carbocycles. The fourth-order valence-electron chi connectivity index (χ4n) is 2.41. The van der Waals surface area contributed by atoms with E-state index in [1.807, 2.05) is 0 Å². The molecule has 1 fully saturated rings. The van der Waals surface area contributed by atoms with Crippen molar-refractivity contribution in [3.63, 3.8) is 0 Å². The van der Waals surface area contributed by atoms with Gasteiger partial charge in [-0.2, -0.15) is 0 Å². The Bertz CT molecular complexity index is 170. The molecule has 1 heterocycles. The molecule has 1 atom stereocenters. The second kappa shape index (κ2) is 7.25. The van der Waals surface area contributed by atoms with Gasteiger partial charge >= 0.3 is 0 Å². The molecule has 96 valence electrons. The maximum Gasteiger partial charge on any atom is 0.0110 e. The number of nitrogens with two attached hydrogens (primary N) is 1. The highest BCUT2D eigenvalue weighted by molar-refractivity contribution is 4.75. The molecule has 3 heteroatoms. The average Bonchev–Trinajstić information content (AvgIpc) is 2.27. The number of rotatable bonds is 6. The zero-order chi connectivity index (χ0) is 12.0. The Morgan fingerprint density at radius 1 is 1.00 bits per heavy atom. The molecule has 0 spiro atoms. The molecule has 1 aliphatic heterocycles. The summed E-state index contributed by atoms with van der Waals surface area (Å²) >= 11 is 0. The van der Waals surface area contributed by atoms with Crippen LogP contribution in [0.25, 0.3) is 0 Å². The third kappa shape index (κ3) is 4.81. The topological polar surface area (TPSA) is 32.5 Å². The third-order valence-electron chi connectivity index (χ3n) is 3.52. The van der Waals surface area contributed by atoms with Gasteiger partial charge in [0, 0.05) is 39.3 Å². The van der Waals surface area contributed by atoms with Crippen LogP contribution >= 0.6 is 0 Å². The molecule has 0 aromatic carbocycles. The largest absolute Gasteiger partial charge is 0.330 e. The summed E-state index contributed by atoms with van der Waals surface area (Å²) in [5.74, 6) is 1.48. The summed E-state index contributed by atoms with van der Waals surface area (Å²) < 4.78 is 0. The molecular weight excluding hydrogens is 198 g/mol. The SMILES string of the molecule is CCC(CN)CN1CCN(CC(C)C)CC1. The second-order valence-electron chi connectivity index (χ2n) is 5.51. The van der Waals surface area contributed by atoms with E-state index in [1.54, 1.807) is 0 Å². The van der Waals surface area contributed by atoms with Crippen molar-refractivity contribution in [1.82, 2.24) is 9.80 Å². The normalized spacial score (nSPS) is 21.6. The minimum Gasteiger partial charge on any atom is -0.330 e. The van der Waals surface area contributed by atoms with Gasteiger partial charge in [0.15, 0.2) is 0 Å². The summed E-state index contributed by atoms with van der Waals surface area (Å²) in [7, 11) is 0. The van der Waals surface area contributed by atoms with E-state index in [-0.39, 0.29) is 0 Å². The van der Waals surface area contributed by atoms with Gasteiger partial charge in [-0.25, -0.2) is 0 Å². The smallest absolute Gasteiger partial charge is 0.0110 e. The van der Waals surface area contributed by atoms with Crippen molar-refractivity contribution in [3.8, 4) is 0 Å². The first-order valence-corrected chi connectivity index (χ1v) is 6.80. The lowest BCUT2D eigenvalue weighted by Crippen LogP contribution is -2.49. The van der Waals surface area contributed by atoms with Crippen LogP contribution in [-0.2, 0) is 0 Å². The summed E-state index contributed by atoms with van der Waals surface area (Å²) in [6, 6.07) is 0. The first-order chi connectivity index (χ1) is 7.65. The fraction of sp³-hybridized carbons (Fsp3) is 1.00. The molecule has 2 N–H and O–H groups in total. The highest BCUT2D eigenvalue weighted by Gasteiger charge is 2.19. The molecule has 1 unspecified atom stereocenters. The summed E-state index contributed by atoms with van der Waals surface area (Å²) in [6.45, 7) is 15.0. The Labute approximate surface area is 101 Å². The van der Waals surface area contributed by atoms with E-state index in [1.165, 1.54) is 45.7 Å². The Balaban J connectivity index is 2.21. The Morgan fingerprint density at radius 3 is 1.88 bits per heavy atom. The predicted octanol–water partition coefficient (Wildman–Crippen LogP) is 1.24. The highest BCUT2D eigenvalue weighted by atomic mass is 15.3. The van der Waals surface area contributed by atoms with E-state index in [0.29, 0.717) is 5.92 Å². The van der Waals surface area contributed by atoms with E-state index in [9.17, 15) is 0 Å². The maximum atomic E-state index is 5.76. The molecule has 0 aromatic heterocycles. The maximum absolute atomic E-state index is 5.76. The first kappa shape index (κ1) is 13.9. The van der Waals surface area contributed by atoms with Crippen LogP contribution in [0.1, 0.15) is 27.2 Å². The number of nitrogens with zero attached hydrogens (tertiary/aromatic N) is 2. The van der Waals surface area contributed by atoms with Crippen LogP contribution in [0.5, 0.6) is 0 Å². The van der Waals surface area contributed by atoms with E-state index >= 15 is 0 Å². The van der Waals surface area contributed by atoms with Crippen LogP contribution in [0, 0.1) is 11.8 Å². The van der Waals surface area contributed by atoms with Crippen LogP contribution < -0.4 is 5.73 Å². The molecule has 3 nitrogen and oxygen atoms in total. The van der Waals surface area contributed by atoms with E-state index < -0.39 is 0 Å². The quantitative estimate of drug-likeness (QED) is 0.741. The molecule has 1 rings (SSSR count). The van der Waals surface area contributed by atoms with Gasteiger partial charge in [-0.15, -0.1) is 0 Å². The Morgan fingerprint density at radius 2 is 1.50 bits per heavy atom. The van der Waals surface area contributed by atoms with Gasteiger partial charge in [-0.3, -0.25) is 0 Å². The molecular formula is C13H29N3.